The van der Waals surface area contributed by atoms with Gasteiger partial charge in [-0.15, -0.1) is 11.3 Å². The number of hydrogen-bond donors (Lipinski definition) is 0. The zero-order valence-corrected chi connectivity index (χ0v) is 7.16. The highest BCUT2D eigenvalue weighted by molar-refractivity contribution is 7.17. The van der Waals surface area contributed by atoms with E-state index in [0.29, 0.717) is 4.70 Å². The molecule has 13 heavy (non-hydrogen) atoms. The smallest absolute Gasteiger partial charge is 0.177 e. The average molecular weight is 195 g/mol. The Morgan fingerprint density at radius 2 is 2.00 bits per heavy atom. The van der Waals surface area contributed by atoms with E-state index >= 15 is 0 Å². The minimum absolute atomic E-state index is 0.215. The summed E-state index contributed by atoms with van der Waals surface area (Å²) >= 11 is 0.838. The standard InChI is InChI=1S/C9H3F2NS/c10-7-1-5(4-12)2-8-6(7)3-9(11)13-8/h1-3H. The molecule has 64 valence electrons. The second-order valence-corrected chi connectivity index (χ2v) is 3.57. The third-order valence-electron chi connectivity index (χ3n) is 1.69. The van der Waals surface area contributed by atoms with Crippen LogP contribution in [-0.4, -0.2) is 0 Å². The molecule has 0 bridgehead atoms. The summed E-state index contributed by atoms with van der Waals surface area (Å²) in [7, 11) is 0. The lowest BCUT2D eigenvalue weighted by atomic mass is 10.2. The highest BCUT2D eigenvalue weighted by Gasteiger charge is 2.07. The second kappa shape index (κ2) is 2.79. The second-order valence-electron chi connectivity index (χ2n) is 2.53. The maximum Gasteiger partial charge on any atom is 0.177 e. The molecule has 1 heterocycles. The number of thiophene rings is 1. The van der Waals surface area contributed by atoms with Crippen LogP contribution in [0.5, 0.6) is 0 Å². The summed E-state index contributed by atoms with van der Waals surface area (Å²) in [5, 5.41) is 8.32. The number of fused-ring (bicyclic) bond motifs is 1. The van der Waals surface area contributed by atoms with Gasteiger partial charge < -0.3 is 0 Å². The van der Waals surface area contributed by atoms with Crippen LogP contribution in [0.1, 0.15) is 5.56 Å². The van der Waals surface area contributed by atoms with E-state index in [1.165, 1.54) is 6.07 Å². The number of hydrogen-bond acceptors (Lipinski definition) is 2. The molecule has 1 aromatic carbocycles. The molecular weight excluding hydrogens is 192 g/mol. The summed E-state index contributed by atoms with van der Waals surface area (Å²) in [6.45, 7) is 0. The fraction of sp³-hybridized carbons (Fsp3) is 0. The van der Waals surface area contributed by atoms with Gasteiger partial charge in [0.25, 0.3) is 0 Å². The number of nitriles is 1. The molecule has 1 nitrogen and oxygen atoms in total. The minimum atomic E-state index is -0.547. The number of nitrogens with zero attached hydrogens (tertiary/aromatic N) is 1. The van der Waals surface area contributed by atoms with Gasteiger partial charge in [0.15, 0.2) is 5.13 Å². The molecule has 0 N–H and O–H groups in total. The van der Waals surface area contributed by atoms with Crippen LogP contribution >= 0.6 is 11.3 Å². The van der Waals surface area contributed by atoms with Gasteiger partial charge >= 0.3 is 0 Å². The van der Waals surface area contributed by atoms with Crippen molar-refractivity contribution < 1.29 is 8.78 Å². The molecule has 4 heteroatoms. The summed E-state index contributed by atoms with van der Waals surface area (Å²) in [6, 6.07) is 5.53. The third kappa shape index (κ3) is 1.27. The molecule has 0 saturated carbocycles. The topological polar surface area (TPSA) is 23.8 Å². The van der Waals surface area contributed by atoms with E-state index in [1.54, 1.807) is 0 Å². The van der Waals surface area contributed by atoms with Gasteiger partial charge in [0.05, 0.1) is 11.6 Å². The van der Waals surface area contributed by atoms with Gasteiger partial charge in [0.1, 0.15) is 5.82 Å². The molecule has 0 spiro atoms. The van der Waals surface area contributed by atoms with E-state index in [1.807, 2.05) is 6.07 Å². The first-order chi connectivity index (χ1) is 6.20. The van der Waals surface area contributed by atoms with Crippen LogP contribution in [0.25, 0.3) is 10.1 Å². The summed E-state index contributed by atoms with van der Waals surface area (Å²) < 4.78 is 26.3. The van der Waals surface area contributed by atoms with Gasteiger partial charge in [-0.3, -0.25) is 0 Å². The molecule has 0 amide bonds. The lowest BCUT2D eigenvalue weighted by Gasteiger charge is -1.92. The van der Waals surface area contributed by atoms with Gasteiger partial charge in [0, 0.05) is 10.1 Å². The Bertz CT molecular complexity index is 510. The van der Waals surface area contributed by atoms with Crippen molar-refractivity contribution in [1.29, 1.82) is 5.26 Å². The van der Waals surface area contributed by atoms with Crippen LogP contribution in [0.15, 0.2) is 18.2 Å². The summed E-state index contributed by atoms with van der Waals surface area (Å²) in [4.78, 5) is 0. The third-order valence-corrected chi connectivity index (χ3v) is 2.56. The SMILES string of the molecule is N#Cc1cc(F)c2cc(F)sc2c1. The van der Waals surface area contributed by atoms with Gasteiger partial charge in [-0.25, -0.2) is 4.39 Å². The molecule has 0 aliphatic heterocycles. The minimum Gasteiger partial charge on any atom is -0.206 e. The van der Waals surface area contributed by atoms with Crippen LogP contribution in [-0.2, 0) is 0 Å². The molecule has 1 aromatic heterocycles. The molecule has 0 aliphatic rings. The van der Waals surface area contributed by atoms with Crippen LogP contribution < -0.4 is 0 Å². The Kier molecular flexibility index (Phi) is 1.74. The van der Waals surface area contributed by atoms with Gasteiger partial charge in [-0.1, -0.05) is 0 Å². The van der Waals surface area contributed by atoms with Gasteiger partial charge in [-0.2, -0.15) is 9.65 Å². The van der Waals surface area contributed by atoms with Crippen molar-refractivity contribution in [3.05, 3.63) is 34.7 Å². The molecule has 0 atom stereocenters. The van der Waals surface area contributed by atoms with Crippen molar-refractivity contribution in [3.63, 3.8) is 0 Å². The van der Waals surface area contributed by atoms with Gasteiger partial charge in [0.2, 0.25) is 0 Å². The van der Waals surface area contributed by atoms with Crippen LogP contribution in [0.2, 0.25) is 0 Å². The molecular formula is C9H3F2NS. The summed E-state index contributed by atoms with van der Waals surface area (Å²) in [6.07, 6.45) is 0. The summed E-state index contributed by atoms with van der Waals surface area (Å²) in [5.41, 5.74) is 0.215. The van der Waals surface area contributed by atoms with Crippen LogP contribution in [0.4, 0.5) is 8.78 Å². The Hall–Kier alpha value is -1.47. The zero-order chi connectivity index (χ0) is 9.42. The van der Waals surface area contributed by atoms with Crippen LogP contribution in [0, 0.1) is 22.3 Å². The average Bonchev–Trinajstić information content (AvgIpc) is 2.46. The molecule has 2 aromatic rings. The first-order valence-electron chi connectivity index (χ1n) is 3.49. The molecule has 0 radical (unpaired) electrons. The highest BCUT2D eigenvalue weighted by Crippen LogP contribution is 2.27. The fourth-order valence-corrected chi connectivity index (χ4v) is 1.97. The molecule has 0 saturated heterocycles. The van der Waals surface area contributed by atoms with E-state index in [0.717, 1.165) is 23.5 Å². The predicted molar refractivity (Wildman–Crippen MR) is 46.5 cm³/mol. The number of benzene rings is 1. The van der Waals surface area contributed by atoms with E-state index in [2.05, 4.69) is 0 Å². The van der Waals surface area contributed by atoms with Crippen LogP contribution in [0.3, 0.4) is 0 Å². The van der Waals surface area contributed by atoms with E-state index in [-0.39, 0.29) is 10.9 Å². The maximum atomic E-state index is 13.1. The fourth-order valence-electron chi connectivity index (χ4n) is 1.13. The first-order valence-corrected chi connectivity index (χ1v) is 4.31. The molecule has 0 unspecified atom stereocenters. The number of rotatable bonds is 0. The lowest BCUT2D eigenvalue weighted by Crippen LogP contribution is -1.78. The van der Waals surface area contributed by atoms with Crippen molar-refractivity contribution in [2.45, 2.75) is 0 Å². The van der Waals surface area contributed by atoms with E-state index in [4.69, 9.17) is 5.26 Å². The molecule has 2 rings (SSSR count). The Morgan fingerprint density at radius 3 is 2.69 bits per heavy atom. The van der Waals surface area contributed by atoms with Crippen molar-refractivity contribution in [1.82, 2.24) is 0 Å². The monoisotopic (exact) mass is 195 g/mol. The predicted octanol–water partition coefficient (Wildman–Crippen LogP) is 3.05. The number of halogens is 2. The van der Waals surface area contributed by atoms with E-state index in [9.17, 15) is 8.78 Å². The van der Waals surface area contributed by atoms with Crippen molar-refractivity contribution >= 4 is 21.4 Å². The lowest BCUT2D eigenvalue weighted by molar-refractivity contribution is 0.636. The largest absolute Gasteiger partial charge is 0.206 e. The van der Waals surface area contributed by atoms with E-state index < -0.39 is 10.9 Å². The normalized spacial score (nSPS) is 10.2. The quantitative estimate of drug-likeness (QED) is 0.633. The Labute approximate surface area is 76.8 Å². The van der Waals surface area contributed by atoms with Gasteiger partial charge in [-0.05, 0) is 18.2 Å². The Morgan fingerprint density at radius 1 is 1.23 bits per heavy atom. The van der Waals surface area contributed by atoms with Crippen molar-refractivity contribution in [2.75, 3.05) is 0 Å². The summed E-state index contributed by atoms with van der Waals surface area (Å²) in [5.74, 6) is -0.547. The maximum absolute atomic E-state index is 13.1. The highest BCUT2D eigenvalue weighted by atomic mass is 32.1. The zero-order valence-electron chi connectivity index (χ0n) is 6.34. The van der Waals surface area contributed by atoms with Crippen molar-refractivity contribution in [2.24, 2.45) is 0 Å². The molecule has 0 aliphatic carbocycles. The molecule has 0 fully saturated rings. The van der Waals surface area contributed by atoms with Crippen molar-refractivity contribution in [3.8, 4) is 6.07 Å². The first kappa shape index (κ1) is 8.14. The Balaban J connectivity index is 2.85.